The highest BCUT2D eigenvalue weighted by atomic mass is 32.2. The van der Waals surface area contributed by atoms with Crippen LogP contribution in [0.1, 0.15) is 19.8 Å². The van der Waals surface area contributed by atoms with Gasteiger partial charge >= 0.3 is 5.69 Å². The zero-order chi connectivity index (χ0) is 10.4. The van der Waals surface area contributed by atoms with Gasteiger partial charge in [0.25, 0.3) is 0 Å². The zero-order valence-corrected chi connectivity index (χ0v) is 9.14. The van der Waals surface area contributed by atoms with Gasteiger partial charge in [-0.1, -0.05) is 18.7 Å². The zero-order valence-electron chi connectivity index (χ0n) is 8.32. The number of hydrogen-bond acceptors (Lipinski definition) is 4. The van der Waals surface area contributed by atoms with Crippen LogP contribution in [0.3, 0.4) is 0 Å². The molecule has 0 atom stereocenters. The lowest BCUT2D eigenvalue weighted by Crippen LogP contribution is -2.17. The second-order valence-electron chi connectivity index (χ2n) is 2.95. The normalized spacial score (nSPS) is 10.7. The molecule has 1 aromatic heterocycles. The average Bonchev–Trinajstić information content (AvgIpc) is 2.51. The number of nitrogens with two attached hydrogens (primary N) is 1. The van der Waals surface area contributed by atoms with Crippen LogP contribution in [0.15, 0.2) is 9.95 Å². The molecular weight excluding hydrogens is 200 g/mol. The maximum Gasteiger partial charge on any atom is 0.343 e. The van der Waals surface area contributed by atoms with Crippen LogP contribution in [-0.2, 0) is 6.54 Å². The Hall–Kier alpha value is -0.750. The Morgan fingerprint density at radius 3 is 3.07 bits per heavy atom. The van der Waals surface area contributed by atoms with Crippen LogP contribution in [0.4, 0.5) is 0 Å². The molecule has 0 bridgehead atoms. The van der Waals surface area contributed by atoms with Crippen molar-refractivity contribution in [3.63, 3.8) is 0 Å². The molecule has 0 aliphatic carbocycles. The number of hydrogen-bond donors (Lipinski definition) is 2. The van der Waals surface area contributed by atoms with Crippen LogP contribution in [-0.4, -0.2) is 27.1 Å². The molecule has 6 heteroatoms. The van der Waals surface area contributed by atoms with Gasteiger partial charge in [-0.3, -0.25) is 4.57 Å². The first-order valence-corrected chi connectivity index (χ1v) is 5.76. The van der Waals surface area contributed by atoms with E-state index >= 15 is 0 Å². The van der Waals surface area contributed by atoms with Gasteiger partial charge in [0.15, 0.2) is 5.16 Å². The molecular formula is C8H16N4OS. The molecule has 1 aromatic rings. The Morgan fingerprint density at radius 1 is 1.64 bits per heavy atom. The first-order valence-electron chi connectivity index (χ1n) is 4.77. The number of H-pyrrole nitrogens is 1. The van der Waals surface area contributed by atoms with E-state index < -0.39 is 0 Å². The van der Waals surface area contributed by atoms with E-state index in [2.05, 4.69) is 10.2 Å². The Morgan fingerprint density at radius 2 is 2.43 bits per heavy atom. The molecule has 14 heavy (non-hydrogen) atoms. The van der Waals surface area contributed by atoms with Crippen molar-refractivity contribution in [3.05, 3.63) is 10.5 Å². The van der Waals surface area contributed by atoms with E-state index in [4.69, 9.17) is 5.73 Å². The van der Waals surface area contributed by atoms with Gasteiger partial charge in [-0.15, -0.1) is 5.10 Å². The number of nitrogens with one attached hydrogen (secondary N) is 1. The summed E-state index contributed by atoms with van der Waals surface area (Å²) in [7, 11) is 0. The predicted octanol–water partition coefficient (Wildman–Crippen LogP) is 0.422. The van der Waals surface area contributed by atoms with Gasteiger partial charge in [-0.25, -0.2) is 9.89 Å². The average molecular weight is 216 g/mol. The SMILES string of the molecule is CCCn1c(SCCCN)n[nH]c1=O. The molecule has 5 nitrogen and oxygen atoms in total. The van der Waals surface area contributed by atoms with E-state index in [-0.39, 0.29) is 5.69 Å². The molecule has 1 rings (SSSR count). The monoisotopic (exact) mass is 216 g/mol. The van der Waals surface area contributed by atoms with Crippen molar-refractivity contribution in [2.24, 2.45) is 5.73 Å². The standard InChI is InChI=1S/C8H16N4OS/c1-2-5-12-7(13)10-11-8(12)14-6-3-4-9/h2-6,9H2,1H3,(H,10,13). The van der Waals surface area contributed by atoms with Gasteiger partial charge in [0.1, 0.15) is 0 Å². The van der Waals surface area contributed by atoms with Crippen molar-refractivity contribution >= 4 is 11.8 Å². The summed E-state index contributed by atoms with van der Waals surface area (Å²) >= 11 is 1.57. The van der Waals surface area contributed by atoms with Crippen molar-refractivity contribution in [1.82, 2.24) is 14.8 Å². The highest BCUT2D eigenvalue weighted by Gasteiger charge is 2.06. The minimum Gasteiger partial charge on any atom is -0.330 e. The largest absolute Gasteiger partial charge is 0.343 e. The molecule has 0 aliphatic rings. The van der Waals surface area contributed by atoms with Crippen molar-refractivity contribution < 1.29 is 0 Å². The van der Waals surface area contributed by atoms with Crippen LogP contribution in [0.5, 0.6) is 0 Å². The minimum absolute atomic E-state index is 0.123. The lowest BCUT2D eigenvalue weighted by atomic mass is 10.5. The molecule has 0 spiro atoms. The van der Waals surface area contributed by atoms with Crippen LogP contribution in [0, 0.1) is 0 Å². The summed E-state index contributed by atoms with van der Waals surface area (Å²) in [6, 6.07) is 0. The van der Waals surface area contributed by atoms with E-state index in [0.29, 0.717) is 6.54 Å². The number of rotatable bonds is 6. The van der Waals surface area contributed by atoms with Crippen LogP contribution in [0.2, 0.25) is 0 Å². The second kappa shape index (κ2) is 5.87. The van der Waals surface area contributed by atoms with Crippen LogP contribution >= 0.6 is 11.8 Å². The smallest absolute Gasteiger partial charge is 0.330 e. The summed E-state index contributed by atoms with van der Waals surface area (Å²) in [5, 5.41) is 7.18. The van der Waals surface area contributed by atoms with Gasteiger partial charge < -0.3 is 5.73 Å². The lowest BCUT2D eigenvalue weighted by Gasteiger charge is -2.02. The maximum atomic E-state index is 11.3. The minimum atomic E-state index is -0.123. The second-order valence-corrected chi connectivity index (χ2v) is 4.02. The Kier molecular flexibility index (Phi) is 4.75. The van der Waals surface area contributed by atoms with Gasteiger partial charge in [0.2, 0.25) is 0 Å². The fourth-order valence-corrected chi connectivity index (χ4v) is 2.01. The Balaban J connectivity index is 2.61. The highest BCUT2D eigenvalue weighted by Crippen LogP contribution is 2.13. The number of nitrogens with zero attached hydrogens (tertiary/aromatic N) is 2. The molecule has 0 radical (unpaired) electrons. The highest BCUT2D eigenvalue weighted by molar-refractivity contribution is 7.99. The van der Waals surface area contributed by atoms with Crippen LogP contribution < -0.4 is 11.4 Å². The first kappa shape index (κ1) is 11.3. The van der Waals surface area contributed by atoms with Crippen molar-refractivity contribution in [2.45, 2.75) is 31.5 Å². The van der Waals surface area contributed by atoms with Gasteiger partial charge in [0, 0.05) is 12.3 Å². The fourth-order valence-electron chi connectivity index (χ4n) is 1.08. The predicted molar refractivity (Wildman–Crippen MR) is 57.5 cm³/mol. The topological polar surface area (TPSA) is 76.7 Å². The lowest BCUT2D eigenvalue weighted by molar-refractivity contribution is 0.603. The fraction of sp³-hybridized carbons (Fsp3) is 0.750. The summed E-state index contributed by atoms with van der Waals surface area (Å²) in [6.45, 7) is 3.43. The van der Waals surface area contributed by atoms with E-state index in [0.717, 1.165) is 30.3 Å². The van der Waals surface area contributed by atoms with Crippen molar-refractivity contribution in [3.8, 4) is 0 Å². The molecule has 80 valence electrons. The molecule has 0 saturated carbocycles. The molecule has 3 N–H and O–H groups in total. The molecule has 1 heterocycles. The Labute approximate surface area is 87.1 Å². The maximum absolute atomic E-state index is 11.3. The number of thioether (sulfide) groups is 1. The van der Waals surface area contributed by atoms with E-state index in [1.807, 2.05) is 6.92 Å². The van der Waals surface area contributed by atoms with Gasteiger partial charge in [0.05, 0.1) is 0 Å². The third-order valence-corrected chi connectivity index (χ3v) is 2.81. The summed E-state index contributed by atoms with van der Waals surface area (Å²) in [5.41, 5.74) is 5.26. The van der Waals surface area contributed by atoms with Gasteiger partial charge in [-0.2, -0.15) is 0 Å². The quantitative estimate of drug-likeness (QED) is 0.534. The third-order valence-electron chi connectivity index (χ3n) is 1.75. The van der Waals surface area contributed by atoms with E-state index in [1.165, 1.54) is 0 Å². The van der Waals surface area contributed by atoms with Crippen LogP contribution in [0.25, 0.3) is 0 Å². The van der Waals surface area contributed by atoms with Crippen molar-refractivity contribution in [1.29, 1.82) is 0 Å². The summed E-state index contributed by atoms with van der Waals surface area (Å²) in [5.74, 6) is 0.907. The third kappa shape index (κ3) is 2.88. The number of aromatic nitrogens is 3. The summed E-state index contributed by atoms with van der Waals surface area (Å²) in [4.78, 5) is 11.3. The van der Waals surface area contributed by atoms with E-state index in [9.17, 15) is 4.79 Å². The van der Waals surface area contributed by atoms with Gasteiger partial charge in [-0.05, 0) is 19.4 Å². The molecule has 0 fully saturated rings. The number of aromatic amines is 1. The molecule has 0 amide bonds. The first-order chi connectivity index (χ1) is 6.79. The molecule has 0 aromatic carbocycles. The molecule has 0 unspecified atom stereocenters. The van der Waals surface area contributed by atoms with E-state index in [1.54, 1.807) is 16.3 Å². The van der Waals surface area contributed by atoms with Crippen molar-refractivity contribution in [2.75, 3.05) is 12.3 Å². The molecule has 0 saturated heterocycles. The summed E-state index contributed by atoms with van der Waals surface area (Å²) in [6.07, 6.45) is 1.88. The molecule has 0 aliphatic heterocycles. The summed E-state index contributed by atoms with van der Waals surface area (Å²) < 4.78 is 1.67. The Bertz CT molecular complexity index is 319.